The number of rotatable bonds is 5. The number of para-hydroxylation sites is 1. The van der Waals surface area contributed by atoms with Crippen molar-refractivity contribution in [1.82, 2.24) is 0 Å². The summed E-state index contributed by atoms with van der Waals surface area (Å²) in [6.45, 7) is 1.84. The largest absolute Gasteiger partial charge is 0.496 e. The van der Waals surface area contributed by atoms with Crippen LogP contribution in [-0.4, -0.2) is 21.2 Å². The molecule has 0 saturated carbocycles. The van der Waals surface area contributed by atoms with Gasteiger partial charge < -0.3 is 4.74 Å². The molecule has 2 aromatic carbocycles. The van der Waals surface area contributed by atoms with Crippen molar-refractivity contribution in [3.8, 4) is 11.8 Å². The Hall–Kier alpha value is -2.85. The Morgan fingerprint density at radius 3 is 2.39 bits per heavy atom. The van der Waals surface area contributed by atoms with Gasteiger partial charge in [0.25, 0.3) is 0 Å². The molecule has 0 aliphatic heterocycles. The van der Waals surface area contributed by atoms with Gasteiger partial charge in [-0.15, -0.1) is 0 Å². The van der Waals surface area contributed by atoms with Crippen molar-refractivity contribution in [2.75, 3.05) is 7.11 Å². The molecule has 2 aromatic rings. The summed E-state index contributed by atoms with van der Waals surface area (Å²) in [5.74, 6) is 0.393. The zero-order valence-corrected chi connectivity index (χ0v) is 13.4. The lowest BCUT2D eigenvalue weighted by atomic mass is 10.1. The van der Waals surface area contributed by atoms with Crippen molar-refractivity contribution < 1.29 is 17.4 Å². The van der Waals surface area contributed by atoms with Gasteiger partial charge >= 0.3 is 10.1 Å². The van der Waals surface area contributed by atoms with Gasteiger partial charge in [-0.05, 0) is 31.2 Å². The Labute approximate surface area is 134 Å². The monoisotopic (exact) mass is 330 g/mol. The van der Waals surface area contributed by atoms with Gasteiger partial charge in [0.15, 0.2) is 5.71 Å². The summed E-state index contributed by atoms with van der Waals surface area (Å²) in [7, 11) is -2.65. The predicted molar refractivity (Wildman–Crippen MR) is 84.6 cm³/mol. The van der Waals surface area contributed by atoms with Crippen molar-refractivity contribution in [2.24, 2.45) is 5.16 Å². The minimum atomic E-state index is -4.09. The standard InChI is InChI=1S/C16H14N2O4S/c1-12-7-9-13(10-8-12)23(19,20)22-18-15(11-17)14-5-3-4-6-16(14)21-2/h3-10H,1-2H3. The first-order valence-corrected chi connectivity index (χ1v) is 8.00. The highest BCUT2D eigenvalue weighted by Crippen LogP contribution is 2.19. The number of oxime groups is 1. The molecule has 7 heteroatoms. The van der Waals surface area contributed by atoms with Crippen molar-refractivity contribution >= 4 is 15.8 Å². The van der Waals surface area contributed by atoms with E-state index in [1.54, 1.807) is 42.5 Å². The van der Waals surface area contributed by atoms with Crippen LogP contribution < -0.4 is 4.74 Å². The molecule has 23 heavy (non-hydrogen) atoms. The number of hydrogen-bond donors (Lipinski definition) is 0. The number of nitriles is 1. The highest BCUT2D eigenvalue weighted by atomic mass is 32.2. The molecule has 0 radical (unpaired) electrons. The number of ether oxygens (including phenoxy) is 1. The molecule has 0 aliphatic carbocycles. The van der Waals surface area contributed by atoms with E-state index in [2.05, 4.69) is 9.44 Å². The summed E-state index contributed by atoms with van der Waals surface area (Å²) in [6.07, 6.45) is 0. The second kappa shape index (κ2) is 6.94. The minimum absolute atomic E-state index is 0.0378. The second-order valence-electron chi connectivity index (χ2n) is 4.59. The van der Waals surface area contributed by atoms with Crippen LogP contribution in [0.25, 0.3) is 0 Å². The van der Waals surface area contributed by atoms with Crippen molar-refractivity contribution in [3.05, 3.63) is 59.7 Å². The van der Waals surface area contributed by atoms with Gasteiger partial charge in [-0.1, -0.05) is 35.0 Å². The Kier molecular flexibility index (Phi) is 4.98. The third kappa shape index (κ3) is 3.87. The summed E-state index contributed by atoms with van der Waals surface area (Å²) < 4.78 is 33.9. The fraction of sp³-hybridized carbons (Fsp3) is 0.125. The van der Waals surface area contributed by atoms with E-state index in [9.17, 15) is 13.7 Å². The minimum Gasteiger partial charge on any atom is -0.496 e. The topological polar surface area (TPSA) is 88.8 Å². The maximum atomic E-state index is 12.1. The van der Waals surface area contributed by atoms with E-state index in [1.165, 1.54) is 19.2 Å². The third-order valence-electron chi connectivity index (χ3n) is 3.00. The number of methoxy groups -OCH3 is 1. The summed E-state index contributed by atoms with van der Waals surface area (Å²) in [5.41, 5.74) is 1.06. The van der Waals surface area contributed by atoms with Gasteiger partial charge in [0.05, 0.1) is 12.7 Å². The lowest BCUT2D eigenvalue weighted by molar-refractivity contribution is 0.339. The van der Waals surface area contributed by atoms with E-state index in [0.717, 1.165) is 5.56 Å². The van der Waals surface area contributed by atoms with Gasteiger partial charge in [0, 0.05) is 0 Å². The zero-order chi connectivity index (χ0) is 16.9. The molecule has 0 spiro atoms. The number of hydrogen-bond acceptors (Lipinski definition) is 6. The molecular formula is C16H14N2O4S. The van der Waals surface area contributed by atoms with Crippen molar-refractivity contribution in [2.45, 2.75) is 11.8 Å². The van der Waals surface area contributed by atoms with E-state index in [4.69, 9.17) is 4.74 Å². The van der Waals surface area contributed by atoms with E-state index < -0.39 is 10.1 Å². The molecule has 0 heterocycles. The molecule has 0 unspecified atom stereocenters. The lowest BCUT2D eigenvalue weighted by Gasteiger charge is -2.06. The van der Waals surface area contributed by atoms with Gasteiger partial charge in [-0.2, -0.15) is 13.7 Å². The molecule has 0 bridgehead atoms. The van der Waals surface area contributed by atoms with Crippen LogP contribution >= 0.6 is 0 Å². The van der Waals surface area contributed by atoms with E-state index in [1.807, 2.05) is 6.92 Å². The predicted octanol–water partition coefficient (Wildman–Crippen LogP) is 2.64. The average molecular weight is 330 g/mol. The summed E-state index contributed by atoms with van der Waals surface area (Å²) >= 11 is 0. The maximum Gasteiger partial charge on any atom is 0.358 e. The molecule has 0 fully saturated rings. The van der Waals surface area contributed by atoms with Gasteiger partial charge in [0.1, 0.15) is 16.7 Å². The van der Waals surface area contributed by atoms with E-state index >= 15 is 0 Å². The number of nitrogens with zero attached hydrogens (tertiary/aromatic N) is 2. The molecule has 2 rings (SSSR count). The zero-order valence-electron chi connectivity index (χ0n) is 12.6. The quantitative estimate of drug-likeness (QED) is 0.621. The first kappa shape index (κ1) is 16.5. The average Bonchev–Trinajstić information content (AvgIpc) is 2.56. The molecule has 0 aliphatic rings. The lowest BCUT2D eigenvalue weighted by Crippen LogP contribution is -2.07. The van der Waals surface area contributed by atoms with Crippen LogP contribution in [0.15, 0.2) is 58.6 Å². The molecule has 6 nitrogen and oxygen atoms in total. The highest BCUT2D eigenvalue weighted by molar-refractivity contribution is 7.86. The van der Waals surface area contributed by atoms with Crippen LogP contribution in [0.5, 0.6) is 5.75 Å². The van der Waals surface area contributed by atoms with Crippen LogP contribution in [-0.2, 0) is 14.4 Å². The Morgan fingerprint density at radius 2 is 1.78 bits per heavy atom. The van der Waals surface area contributed by atoms with Crippen LogP contribution in [0.3, 0.4) is 0 Å². The Morgan fingerprint density at radius 1 is 1.13 bits per heavy atom. The molecule has 0 saturated heterocycles. The van der Waals surface area contributed by atoms with Crippen molar-refractivity contribution in [3.63, 3.8) is 0 Å². The smallest absolute Gasteiger partial charge is 0.358 e. The van der Waals surface area contributed by atoms with Crippen LogP contribution in [0.2, 0.25) is 0 Å². The van der Waals surface area contributed by atoms with Crippen LogP contribution in [0.4, 0.5) is 0 Å². The molecule has 0 N–H and O–H groups in total. The summed E-state index contributed by atoms with van der Waals surface area (Å²) in [6, 6.07) is 14.5. The first-order valence-electron chi connectivity index (χ1n) is 6.60. The highest BCUT2D eigenvalue weighted by Gasteiger charge is 2.17. The van der Waals surface area contributed by atoms with Crippen LogP contribution in [0, 0.1) is 18.3 Å². The van der Waals surface area contributed by atoms with Gasteiger partial charge in [-0.25, -0.2) is 0 Å². The third-order valence-corrected chi connectivity index (χ3v) is 4.12. The van der Waals surface area contributed by atoms with E-state index in [0.29, 0.717) is 11.3 Å². The Bertz CT molecular complexity index is 866. The van der Waals surface area contributed by atoms with Crippen molar-refractivity contribution in [1.29, 1.82) is 5.26 Å². The second-order valence-corrected chi connectivity index (χ2v) is 6.12. The molecule has 0 aromatic heterocycles. The number of benzene rings is 2. The van der Waals surface area contributed by atoms with Gasteiger partial charge in [0.2, 0.25) is 0 Å². The fourth-order valence-corrected chi connectivity index (χ4v) is 2.53. The SMILES string of the molecule is COc1ccccc1C(C#N)=NOS(=O)(=O)c1ccc(C)cc1. The molecule has 118 valence electrons. The Balaban J connectivity index is 2.33. The van der Waals surface area contributed by atoms with Crippen LogP contribution in [0.1, 0.15) is 11.1 Å². The first-order chi connectivity index (χ1) is 11.0. The maximum absolute atomic E-state index is 12.1. The number of aryl methyl sites for hydroxylation is 1. The van der Waals surface area contributed by atoms with E-state index in [-0.39, 0.29) is 10.6 Å². The normalized spacial score (nSPS) is 11.6. The van der Waals surface area contributed by atoms with Gasteiger partial charge in [-0.3, -0.25) is 4.28 Å². The molecule has 0 atom stereocenters. The summed E-state index contributed by atoms with van der Waals surface area (Å²) in [4.78, 5) is -0.0378. The molecular weight excluding hydrogens is 316 g/mol. The summed E-state index contributed by atoms with van der Waals surface area (Å²) in [5, 5.41) is 12.7. The fourth-order valence-electron chi connectivity index (χ4n) is 1.80. The molecule has 0 amide bonds.